The van der Waals surface area contributed by atoms with Crippen LogP contribution in [0.15, 0.2) is 12.1 Å². The molecule has 4 atom stereocenters. The maximum absolute atomic E-state index is 13.0. The average molecular weight is 379 g/mol. The highest BCUT2D eigenvalue weighted by Gasteiger charge is 2.60. The molecule has 1 heterocycles. The van der Waals surface area contributed by atoms with Crippen molar-refractivity contribution >= 4 is 17.6 Å². The Morgan fingerprint density at radius 2 is 1.92 bits per heavy atom. The molecule has 1 N–H and O–H groups in total. The van der Waals surface area contributed by atoms with E-state index in [9.17, 15) is 9.90 Å². The lowest BCUT2D eigenvalue weighted by atomic mass is 9.48. The van der Waals surface area contributed by atoms with Crippen LogP contribution in [-0.2, 0) is 16.1 Å². The van der Waals surface area contributed by atoms with Crippen LogP contribution < -0.4 is 9.47 Å². The molecule has 1 aliphatic heterocycles. The second-order valence-electron chi connectivity index (χ2n) is 8.64. The predicted octanol–water partition coefficient (Wildman–Crippen LogP) is 3.49. The van der Waals surface area contributed by atoms with Gasteiger partial charge >= 0.3 is 5.97 Å². The summed E-state index contributed by atoms with van der Waals surface area (Å²) in [6, 6.07) is 3.58. The molecule has 6 heteroatoms. The van der Waals surface area contributed by atoms with Crippen LogP contribution in [0.5, 0.6) is 11.5 Å². The zero-order valence-corrected chi connectivity index (χ0v) is 15.4. The van der Waals surface area contributed by atoms with E-state index in [-0.39, 0.29) is 12.6 Å². The maximum Gasteiger partial charge on any atom is 0.312 e. The summed E-state index contributed by atoms with van der Waals surface area (Å²) in [6.07, 6.45) is 5.09. The fourth-order valence-electron chi connectivity index (χ4n) is 6.00. The smallest absolute Gasteiger partial charge is 0.312 e. The Balaban J connectivity index is 1.32. The van der Waals surface area contributed by atoms with Gasteiger partial charge in [0.05, 0.1) is 16.0 Å². The first kappa shape index (κ1) is 16.7. The monoisotopic (exact) mass is 378 g/mol. The van der Waals surface area contributed by atoms with Gasteiger partial charge in [-0.2, -0.15) is 0 Å². The largest absolute Gasteiger partial charge is 0.486 e. The first-order valence-electron chi connectivity index (χ1n) is 9.42. The SMILES string of the molecule is O=C(OCc1cc(Cl)c2c(c1)OCCO2)C12C[C@@H]3C[C@@H](CC(O)(C3)C1)C2. The van der Waals surface area contributed by atoms with Crippen molar-refractivity contribution in [2.75, 3.05) is 13.2 Å². The van der Waals surface area contributed by atoms with Crippen LogP contribution in [0.4, 0.5) is 0 Å². The van der Waals surface area contributed by atoms with E-state index in [4.69, 9.17) is 25.8 Å². The summed E-state index contributed by atoms with van der Waals surface area (Å²) >= 11 is 6.26. The summed E-state index contributed by atoms with van der Waals surface area (Å²) in [4.78, 5) is 13.0. The number of aliphatic hydroxyl groups is 1. The van der Waals surface area contributed by atoms with Crippen molar-refractivity contribution in [3.63, 3.8) is 0 Å². The van der Waals surface area contributed by atoms with Gasteiger partial charge in [0.25, 0.3) is 0 Å². The van der Waals surface area contributed by atoms with Crippen LogP contribution in [0.2, 0.25) is 5.02 Å². The molecule has 0 amide bonds. The minimum absolute atomic E-state index is 0.157. The highest BCUT2D eigenvalue weighted by Crippen LogP contribution is 2.62. The van der Waals surface area contributed by atoms with Gasteiger partial charge in [0.1, 0.15) is 19.8 Å². The molecule has 26 heavy (non-hydrogen) atoms. The van der Waals surface area contributed by atoms with Gasteiger partial charge in [-0.05, 0) is 68.1 Å². The Bertz CT molecular complexity index is 747. The van der Waals surface area contributed by atoms with Crippen molar-refractivity contribution in [1.29, 1.82) is 0 Å². The molecule has 0 aromatic heterocycles. The number of halogens is 1. The summed E-state index contributed by atoms with van der Waals surface area (Å²) < 4.78 is 16.8. The van der Waals surface area contributed by atoms with Crippen molar-refractivity contribution in [2.45, 2.75) is 50.7 Å². The fraction of sp³-hybridized carbons (Fsp3) is 0.650. The Labute approximate surface area is 157 Å². The Morgan fingerprint density at radius 3 is 2.65 bits per heavy atom. The lowest BCUT2D eigenvalue weighted by Gasteiger charge is -2.58. The van der Waals surface area contributed by atoms with E-state index in [0.29, 0.717) is 48.0 Å². The summed E-state index contributed by atoms with van der Waals surface area (Å²) in [7, 11) is 0. The van der Waals surface area contributed by atoms with Gasteiger partial charge in [-0.15, -0.1) is 0 Å². The van der Waals surface area contributed by atoms with E-state index in [1.807, 2.05) is 6.07 Å². The van der Waals surface area contributed by atoms with Crippen LogP contribution in [0.3, 0.4) is 0 Å². The number of carbonyl (C=O) groups excluding carboxylic acids is 1. The van der Waals surface area contributed by atoms with E-state index in [2.05, 4.69) is 0 Å². The molecule has 140 valence electrons. The van der Waals surface area contributed by atoms with Gasteiger partial charge in [-0.25, -0.2) is 0 Å². The highest BCUT2D eigenvalue weighted by atomic mass is 35.5. The second-order valence-corrected chi connectivity index (χ2v) is 9.05. The number of ether oxygens (including phenoxy) is 3. The van der Waals surface area contributed by atoms with Crippen molar-refractivity contribution < 1.29 is 24.1 Å². The molecule has 1 aromatic rings. The van der Waals surface area contributed by atoms with Crippen molar-refractivity contribution in [1.82, 2.24) is 0 Å². The van der Waals surface area contributed by atoms with Crippen molar-refractivity contribution in [2.24, 2.45) is 17.3 Å². The van der Waals surface area contributed by atoms with Gasteiger partial charge < -0.3 is 19.3 Å². The molecule has 1 aromatic carbocycles. The van der Waals surface area contributed by atoms with Crippen LogP contribution >= 0.6 is 11.6 Å². The van der Waals surface area contributed by atoms with E-state index in [0.717, 1.165) is 37.7 Å². The summed E-state index contributed by atoms with van der Waals surface area (Å²) in [5, 5.41) is 11.3. The maximum atomic E-state index is 13.0. The van der Waals surface area contributed by atoms with Crippen molar-refractivity contribution in [3.05, 3.63) is 22.7 Å². The zero-order chi connectivity index (χ0) is 17.9. The minimum Gasteiger partial charge on any atom is -0.486 e. The molecular formula is C20H23ClO5. The normalized spacial score (nSPS) is 36.8. The predicted molar refractivity (Wildman–Crippen MR) is 94.3 cm³/mol. The van der Waals surface area contributed by atoms with E-state index >= 15 is 0 Å². The van der Waals surface area contributed by atoms with Crippen LogP contribution in [-0.4, -0.2) is 29.9 Å². The topological polar surface area (TPSA) is 65.0 Å². The molecule has 4 saturated carbocycles. The molecule has 5 nitrogen and oxygen atoms in total. The van der Waals surface area contributed by atoms with Crippen LogP contribution in [0, 0.1) is 17.3 Å². The second kappa shape index (κ2) is 5.77. The molecule has 0 radical (unpaired) electrons. The quantitative estimate of drug-likeness (QED) is 0.816. The Hall–Kier alpha value is -1.46. The third-order valence-corrected chi connectivity index (χ3v) is 6.77. The highest BCUT2D eigenvalue weighted by molar-refractivity contribution is 6.32. The number of rotatable bonds is 3. The van der Waals surface area contributed by atoms with Gasteiger partial charge in [-0.1, -0.05) is 11.6 Å². The number of carbonyl (C=O) groups is 1. The summed E-state index contributed by atoms with van der Waals surface area (Å²) in [5.74, 6) is 1.89. The average Bonchev–Trinajstić information content (AvgIpc) is 2.57. The van der Waals surface area contributed by atoms with Gasteiger partial charge in [0.15, 0.2) is 11.5 Å². The minimum atomic E-state index is -0.663. The first-order chi connectivity index (χ1) is 12.4. The third-order valence-electron chi connectivity index (χ3n) is 6.49. The lowest BCUT2D eigenvalue weighted by molar-refractivity contribution is -0.197. The van der Waals surface area contributed by atoms with Gasteiger partial charge in [-0.3, -0.25) is 4.79 Å². The molecular weight excluding hydrogens is 356 g/mol. The van der Waals surface area contributed by atoms with Crippen LogP contribution in [0.1, 0.15) is 44.1 Å². The number of benzene rings is 1. The van der Waals surface area contributed by atoms with E-state index < -0.39 is 11.0 Å². The molecule has 4 bridgehead atoms. The first-order valence-corrected chi connectivity index (χ1v) is 9.80. The Morgan fingerprint density at radius 1 is 1.19 bits per heavy atom. The number of hydrogen-bond donors (Lipinski definition) is 1. The number of fused-ring (bicyclic) bond motifs is 1. The van der Waals surface area contributed by atoms with E-state index in [1.165, 1.54) is 0 Å². The molecule has 0 spiro atoms. The molecule has 4 fully saturated rings. The number of hydrogen-bond acceptors (Lipinski definition) is 5. The molecule has 0 saturated heterocycles. The number of esters is 1. The van der Waals surface area contributed by atoms with Gasteiger partial charge in [0.2, 0.25) is 0 Å². The third kappa shape index (κ3) is 2.67. The van der Waals surface area contributed by atoms with Crippen molar-refractivity contribution in [3.8, 4) is 11.5 Å². The zero-order valence-electron chi connectivity index (χ0n) is 14.6. The molecule has 6 rings (SSSR count). The van der Waals surface area contributed by atoms with Crippen LogP contribution in [0.25, 0.3) is 0 Å². The molecule has 4 aliphatic carbocycles. The fourth-order valence-corrected chi connectivity index (χ4v) is 6.29. The van der Waals surface area contributed by atoms with Gasteiger partial charge in [0, 0.05) is 0 Å². The standard InChI is InChI=1S/C20H23ClO5/c21-15-4-12(5-16-17(15)25-2-1-24-16)10-26-18(22)19-6-13-3-14(7-19)9-20(23,8-13)11-19/h4-5,13-14,23H,1-3,6-11H2/t13-,14+,19?,20?. The summed E-state index contributed by atoms with van der Waals surface area (Å²) in [5.41, 5.74) is -0.379. The molecule has 2 unspecified atom stereocenters. The summed E-state index contributed by atoms with van der Waals surface area (Å²) in [6.45, 7) is 1.12. The molecule has 5 aliphatic rings. The van der Waals surface area contributed by atoms with E-state index in [1.54, 1.807) is 6.07 Å². The lowest BCUT2D eigenvalue weighted by Crippen LogP contribution is -2.58. The Kier molecular flexibility index (Phi) is 3.70.